The average Bonchev–Trinajstić information content (AvgIpc) is 3.35. The van der Waals surface area contributed by atoms with Crippen molar-refractivity contribution in [3.05, 3.63) is 29.8 Å². The molecule has 0 bridgehead atoms. The Morgan fingerprint density at radius 2 is 1.81 bits per heavy atom. The molecule has 0 heterocycles. The van der Waals surface area contributed by atoms with Gasteiger partial charge >= 0.3 is 6.18 Å². The van der Waals surface area contributed by atoms with Crippen molar-refractivity contribution >= 4 is 40.0 Å². The number of hydrogen-bond donors (Lipinski definition) is 3. The predicted octanol–water partition coefficient (Wildman–Crippen LogP) is 2.75. The second-order valence-corrected chi connectivity index (χ2v) is 7.74. The molecular formula is C16H24F3IN4O2S. The summed E-state index contributed by atoms with van der Waals surface area (Å²) >= 11 is 0. The summed E-state index contributed by atoms with van der Waals surface area (Å²) in [6, 6.07) is 6.32. The first-order valence-corrected chi connectivity index (χ1v) is 9.88. The van der Waals surface area contributed by atoms with Crippen LogP contribution < -0.4 is 15.4 Å². The van der Waals surface area contributed by atoms with Gasteiger partial charge in [0.1, 0.15) is 0 Å². The van der Waals surface area contributed by atoms with E-state index in [0.717, 1.165) is 18.4 Å². The molecule has 0 atom stereocenters. The van der Waals surface area contributed by atoms with Crippen LogP contribution in [-0.2, 0) is 16.6 Å². The number of alkyl halides is 3. The van der Waals surface area contributed by atoms with E-state index >= 15 is 0 Å². The summed E-state index contributed by atoms with van der Waals surface area (Å²) in [5, 5.41) is 5.49. The monoisotopic (exact) mass is 520 g/mol. The molecule has 0 amide bonds. The number of benzene rings is 1. The molecule has 0 spiro atoms. The Morgan fingerprint density at radius 3 is 2.33 bits per heavy atom. The van der Waals surface area contributed by atoms with Gasteiger partial charge in [-0.25, -0.2) is 18.1 Å². The Hall–Kier alpha value is -1.08. The number of halogens is 4. The van der Waals surface area contributed by atoms with E-state index in [0.29, 0.717) is 6.54 Å². The van der Waals surface area contributed by atoms with Gasteiger partial charge in [0.2, 0.25) is 10.0 Å². The zero-order chi connectivity index (χ0) is 19.2. The maximum atomic E-state index is 12.2. The van der Waals surface area contributed by atoms with Crippen LogP contribution in [0.3, 0.4) is 0 Å². The van der Waals surface area contributed by atoms with Gasteiger partial charge in [-0.2, -0.15) is 13.2 Å². The van der Waals surface area contributed by atoms with E-state index in [-0.39, 0.29) is 54.0 Å². The molecule has 0 saturated heterocycles. The lowest BCUT2D eigenvalue weighted by molar-refractivity contribution is -0.132. The van der Waals surface area contributed by atoms with Crippen molar-refractivity contribution in [2.24, 2.45) is 4.99 Å². The molecule has 3 N–H and O–H groups in total. The minimum absolute atomic E-state index is 0. The summed E-state index contributed by atoms with van der Waals surface area (Å²) in [5.74, 6) is 0.281. The van der Waals surface area contributed by atoms with Crippen LogP contribution in [0, 0.1) is 0 Å². The van der Waals surface area contributed by atoms with Crippen molar-refractivity contribution in [2.45, 2.75) is 49.8 Å². The molecule has 0 radical (unpaired) electrons. The van der Waals surface area contributed by atoms with Crippen molar-refractivity contribution in [3.63, 3.8) is 0 Å². The fraction of sp³-hybridized carbons (Fsp3) is 0.562. The molecule has 154 valence electrons. The van der Waals surface area contributed by atoms with Crippen LogP contribution in [0.4, 0.5) is 13.2 Å². The molecule has 11 heteroatoms. The fourth-order valence-electron chi connectivity index (χ4n) is 2.10. The molecule has 1 aliphatic carbocycles. The maximum Gasteiger partial charge on any atom is 0.390 e. The highest BCUT2D eigenvalue weighted by Gasteiger charge is 2.28. The van der Waals surface area contributed by atoms with E-state index in [9.17, 15) is 21.6 Å². The first-order valence-electron chi connectivity index (χ1n) is 8.40. The van der Waals surface area contributed by atoms with Gasteiger partial charge in [0.25, 0.3) is 0 Å². The van der Waals surface area contributed by atoms with E-state index in [4.69, 9.17) is 0 Å². The van der Waals surface area contributed by atoms with E-state index in [1.807, 2.05) is 6.92 Å². The van der Waals surface area contributed by atoms with Crippen LogP contribution in [0.1, 0.15) is 31.7 Å². The van der Waals surface area contributed by atoms with Gasteiger partial charge in [0.05, 0.1) is 17.9 Å². The third-order valence-electron chi connectivity index (χ3n) is 3.60. The first kappa shape index (κ1) is 24.0. The molecule has 1 fully saturated rings. The lowest BCUT2D eigenvalue weighted by Gasteiger charge is -2.12. The zero-order valence-corrected chi connectivity index (χ0v) is 18.0. The third-order valence-corrected chi connectivity index (χ3v) is 5.13. The minimum Gasteiger partial charge on any atom is -0.357 e. The van der Waals surface area contributed by atoms with Gasteiger partial charge in [0.15, 0.2) is 5.96 Å². The van der Waals surface area contributed by atoms with Crippen LogP contribution in [-0.4, -0.2) is 39.7 Å². The largest absolute Gasteiger partial charge is 0.390 e. The van der Waals surface area contributed by atoms with Gasteiger partial charge < -0.3 is 10.6 Å². The van der Waals surface area contributed by atoms with Crippen LogP contribution in [0.15, 0.2) is 34.2 Å². The van der Waals surface area contributed by atoms with Crippen molar-refractivity contribution in [3.8, 4) is 0 Å². The second kappa shape index (κ2) is 10.5. The smallest absolute Gasteiger partial charge is 0.357 e. The van der Waals surface area contributed by atoms with Crippen molar-refractivity contribution < 1.29 is 21.6 Å². The molecular weight excluding hydrogens is 496 g/mol. The summed E-state index contributed by atoms with van der Waals surface area (Å²) in [7, 11) is -3.50. The molecule has 1 aliphatic rings. The van der Waals surface area contributed by atoms with E-state index in [1.54, 1.807) is 12.1 Å². The van der Waals surface area contributed by atoms with Crippen LogP contribution >= 0.6 is 24.0 Å². The van der Waals surface area contributed by atoms with E-state index in [1.165, 1.54) is 12.1 Å². The van der Waals surface area contributed by atoms with Gasteiger partial charge in [-0.15, -0.1) is 24.0 Å². The Kier molecular flexibility index (Phi) is 9.28. The SMILES string of the molecule is CCNC(=NCc1ccc(S(=O)(=O)NC2CC2)cc1)NCCC(F)(F)F.I. The van der Waals surface area contributed by atoms with Gasteiger partial charge in [-0.05, 0) is 37.5 Å². The lowest BCUT2D eigenvalue weighted by atomic mass is 10.2. The number of hydrogen-bond acceptors (Lipinski definition) is 3. The summed E-state index contributed by atoms with van der Waals surface area (Å²) < 4.78 is 63.4. The zero-order valence-electron chi connectivity index (χ0n) is 14.8. The Morgan fingerprint density at radius 1 is 1.19 bits per heavy atom. The predicted molar refractivity (Wildman–Crippen MR) is 109 cm³/mol. The number of aliphatic imine (C=N–C) groups is 1. The highest BCUT2D eigenvalue weighted by atomic mass is 127. The topological polar surface area (TPSA) is 82.6 Å². The molecule has 0 aromatic heterocycles. The van der Waals surface area contributed by atoms with Crippen LogP contribution in [0.25, 0.3) is 0 Å². The Balaban J connectivity index is 0.00000364. The number of guanidine groups is 1. The molecule has 2 rings (SSSR count). The van der Waals surface area contributed by atoms with E-state index < -0.39 is 22.6 Å². The van der Waals surface area contributed by atoms with E-state index in [2.05, 4.69) is 20.3 Å². The van der Waals surface area contributed by atoms with Crippen molar-refractivity contribution in [1.82, 2.24) is 15.4 Å². The molecule has 0 unspecified atom stereocenters. The molecule has 1 aromatic rings. The molecule has 1 saturated carbocycles. The molecule has 27 heavy (non-hydrogen) atoms. The lowest BCUT2D eigenvalue weighted by Crippen LogP contribution is -2.38. The third kappa shape index (κ3) is 9.10. The number of sulfonamides is 1. The standard InChI is InChI=1S/C16H23F3N4O2S.HI/c1-2-20-15(21-10-9-16(17,18)19)22-11-12-3-7-14(8-4-12)26(24,25)23-13-5-6-13;/h3-4,7-8,13,23H,2,5-6,9-11H2,1H3,(H2,20,21,22);1H. The van der Waals surface area contributed by atoms with Gasteiger partial charge in [-0.1, -0.05) is 12.1 Å². The van der Waals surface area contributed by atoms with Gasteiger partial charge in [0, 0.05) is 19.1 Å². The van der Waals surface area contributed by atoms with Crippen molar-refractivity contribution in [2.75, 3.05) is 13.1 Å². The summed E-state index contributed by atoms with van der Waals surface area (Å²) in [6.07, 6.45) is -3.45. The number of nitrogens with one attached hydrogen (secondary N) is 3. The second-order valence-electron chi connectivity index (χ2n) is 6.03. The molecule has 0 aliphatic heterocycles. The average molecular weight is 520 g/mol. The number of rotatable bonds is 8. The van der Waals surface area contributed by atoms with Crippen LogP contribution in [0.5, 0.6) is 0 Å². The molecule has 6 nitrogen and oxygen atoms in total. The van der Waals surface area contributed by atoms with Crippen molar-refractivity contribution in [1.29, 1.82) is 0 Å². The first-order chi connectivity index (χ1) is 12.2. The minimum atomic E-state index is -4.22. The Bertz CT molecular complexity index is 720. The quantitative estimate of drug-likeness (QED) is 0.280. The highest BCUT2D eigenvalue weighted by molar-refractivity contribution is 14.0. The van der Waals surface area contributed by atoms with Gasteiger partial charge in [-0.3, -0.25) is 0 Å². The maximum absolute atomic E-state index is 12.2. The summed E-state index contributed by atoms with van der Waals surface area (Å²) in [4.78, 5) is 4.40. The fourth-order valence-corrected chi connectivity index (χ4v) is 3.40. The number of nitrogens with zero attached hydrogens (tertiary/aromatic N) is 1. The molecule has 1 aromatic carbocycles. The summed E-state index contributed by atoms with van der Waals surface area (Å²) in [6.45, 7) is 2.28. The van der Waals surface area contributed by atoms with Crippen LogP contribution in [0.2, 0.25) is 0 Å². The normalized spacial score (nSPS) is 15.2. The Labute approximate surface area is 174 Å². The highest BCUT2D eigenvalue weighted by Crippen LogP contribution is 2.22. The summed E-state index contributed by atoms with van der Waals surface area (Å²) in [5.41, 5.74) is 0.753.